The zero-order valence-corrected chi connectivity index (χ0v) is 12.7. The minimum atomic E-state index is 0.794. The van der Waals surface area contributed by atoms with E-state index in [-0.39, 0.29) is 0 Å². The van der Waals surface area contributed by atoms with Crippen molar-refractivity contribution in [3.8, 4) is 0 Å². The summed E-state index contributed by atoms with van der Waals surface area (Å²) in [6.45, 7) is 6.23. The highest BCUT2D eigenvalue weighted by atomic mass is 15.2. The van der Waals surface area contributed by atoms with Gasteiger partial charge < -0.3 is 5.32 Å². The molecule has 0 aromatic heterocycles. The van der Waals surface area contributed by atoms with Crippen molar-refractivity contribution in [1.29, 1.82) is 0 Å². The van der Waals surface area contributed by atoms with E-state index in [1.807, 2.05) is 0 Å². The molecule has 3 aliphatic rings. The first-order valence-corrected chi connectivity index (χ1v) is 8.84. The third kappa shape index (κ3) is 3.72. The summed E-state index contributed by atoms with van der Waals surface area (Å²) in [5, 5.41) is 3.83. The predicted molar refractivity (Wildman–Crippen MR) is 81.4 cm³/mol. The molecule has 2 saturated carbocycles. The quantitative estimate of drug-likeness (QED) is 0.818. The first-order chi connectivity index (χ1) is 9.36. The Bertz CT molecular complexity index is 268. The summed E-state index contributed by atoms with van der Waals surface area (Å²) in [6, 6.07) is 1.67. The normalized spacial score (nSPS) is 32.4. The molecule has 1 aliphatic heterocycles. The van der Waals surface area contributed by atoms with Gasteiger partial charge in [-0.3, -0.25) is 4.90 Å². The summed E-state index contributed by atoms with van der Waals surface area (Å²) in [5.41, 5.74) is 0. The smallest absolute Gasteiger partial charge is 0.0223 e. The van der Waals surface area contributed by atoms with Crippen LogP contribution in [0.5, 0.6) is 0 Å². The van der Waals surface area contributed by atoms with Gasteiger partial charge in [0.15, 0.2) is 0 Å². The molecule has 0 amide bonds. The summed E-state index contributed by atoms with van der Waals surface area (Å²) < 4.78 is 0. The lowest BCUT2D eigenvalue weighted by molar-refractivity contribution is 0.0986. The van der Waals surface area contributed by atoms with Crippen molar-refractivity contribution in [2.24, 2.45) is 11.8 Å². The molecule has 19 heavy (non-hydrogen) atoms. The van der Waals surface area contributed by atoms with Crippen molar-refractivity contribution >= 4 is 0 Å². The Morgan fingerprint density at radius 1 is 1.11 bits per heavy atom. The molecule has 0 aromatic rings. The molecule has 1 saturated heterocycles. The van der Waals surface area contributed by atoms with Gasteiger partial charge in [-0.25, -0.2) is 0 Å². The summed E-state index contributed by atoms with van der Waals surface area (Å²) in [5.74, 6) is 2.04. The van der Waals surface area contributed by atoms with Crippen LogP contribution in [0, 0.1) is 11.8 Å². The molecule has 0 spiro atoms. The zero-order valence-electron chi connectivity index (χ0n) is 12.7. The lowest BCUT2D eigenvalue weighted by Gasteiger charge is -2.42. The van der Waals surface area contributed by atoms with Gasteiger partial charge in [0.05, 0.1) is 0 Å². The standard InChI is InChI=1S/C17H32N2/c1-2-16(12-14-8-9-14)19-11-10-18-17(13-19)15-6-4-3-5-7-15/h14-18H,2-13H2,1H3. The number of hydrogen-bond donors (Lipinski definition) is 1. The summed E-state index contributed by atoms with van der Waals surface area (Å²) in [7, 11) is 0. The molecule has 0 bridgehead atoms. The Morgan fingerprint density at radius 2 is 1.89 bits per heavy atom. The minimum absolute atomic E-state index is 0.794. The molecular formula is C17H32N2. The van der Waals surface area contributed by atoms with Crippen molar-refractivity contribution in [2.75, 3.05) is 19.6 Å². The zero-order chi connectivity index (χ0) is 13.1. The maximum Gasteiger partial charge on any atom is 0.0223 e. The highest BCUT2D eigenvalue weighted by molar-refractivity contribution is 4.90. The second-order valence-electron chi connectivity index (χ2n) is 7.19. The average molecular weight is 264 g/mol. The Kier molecular flexibility index (Phi) is 4.81. The fraction of sp³-hybridized carbons (Fsp3) is 1.00. The third-order valence-electron chi connectivity index (χ3n) is 5.75. The Hall–Kier alpha value is -0.0800. The number of hydrogen-bond acceptors (Lipinski definition) is 2. The van der Waals surface area contributed by atoms with Gasteiger partial charge in [0.25, 0.3) is 0 Å². The fourth-order valence-electron chi connectivity index (χ4n) is 4.30. The lowest BCUT2D eigenvalue weighted by Crippen LogP contribution is -2.56. The summed E-state index contributed by atoms with van der Waals surface area (Å²) >= 11 is 0. The maximum absolute atomic E-state index is 3.83. The molecule has 0 aromatic carbocycles. The van der Waals surface area contributed by atoms with Crippen LogP contribution >= 0.6 is 0 Å². The van der Waals surface area contributed by atoms with Crippen molar-refractivity contribution in [2.45, 2.75) is 76.8 Å². The molecule has 3 fully saturated rings. The van der Waals surface area contributed by atoms with E-state index < -0.39 is 0 Å². The van der Waals surface area contributed by atoms with Crippen LogP contribution in [0.15, 0.2) is 0 Å². The maximum atomic E-state index is 3.83. The van der Waals surface area contributed by atoms with Gasteiger partial charge in [0.2, 0.25) is 0 Å². The first kappa shape index (κ1) is 13.9. The van der Waals surface area contributed by atoms with E-state index in [9.17, 15) is 0 Å². The molecule has 0 radical (unpaired) electrons. The summed E-state index contributed by atoms with van der Waals surface area (Å²) in [4.78, 5) is 2.83. The molecule has 1 heterocycles. The van der Waals surface area contributed by atoms with Crippen molar-refractivity contribution < 1.29 is 0 Å². The first-order valence-electron chi connectivity index (χ1n) is 8.84. The van der Waals surface area contributed by atoms with Gasteiger partial charge in [-0.2, -0.15) is 0 Å². The summed E-state index contributed by atoms with van der Waals surface area (Å²) in [6.07, 6.45) is 13.2. The van der Waals surface area contributed by atoms with E-state index in [0.717, 1.165) is 23.9 Å². The monoisotopic (exact) mass is 264 g/mol. The van der Waals surface area contributed by atoms with Crippen LogP contribution in [0.1, 0.15) is 64.7 Å². The SMILES string of the molecule is CCC(CC1CC1)N1CCNC(C2CCCCC2)C1. The van der Waals surface area contributed by atoms with Crippen LogP contribution in [0.4, 0.5) is 0 Å². The molecule has 1 N–H and O–H groups in total. The number of rotatable bonds is 5. The van der Waals surface area contributed by atoms with Gasteiger partial charge in [-0.1, -0.05) is 39.0 Å². The molecule has 3 rings (SSSR count). The van der Waals surface area contributed by atoms with Crippen LogP contribution in [0.25, 0.3) is 0 Å². The largest absolute Gasteiger partial charge is 0.311 e. The van der Waals surface area contributed by atoms with Gasteiger partial charge in [-0.05, 0) is 37.5 Å². The molecule has 2 aliphatic carbocycles. The molecular weight excluding hydrogens is 232 g/mol. The van der Waals surface area contributed by atoms with Crippen LogP contribution in [0.3, 0.4) is 0 Å². The second-order valence-corrected chi connectivity index (χ2v) is 7.19. The van der Waals surface area contributed by atoms with Crippen LogP contribution in [-0.4, -0.2) is 36.6 Å². The highest BCUT2D eigenvalue weighted by Gasteiger charge is 2.33. The average Bonchev–Trinajstić information content (AvgIpc) is 3.30. The minimum Gasteiger partial charge on any atom is -0.311 e. The van der Waals surface area contributed by atoms with Gasteiger partial charge in [0.1, 0.15) is 0 Å². The van der Waals surface area contributed by atoms with E-state index in [1.165, 1.54) is 77.4 Å². The predicted octanol–water partition coefficient (Wildman–Crippen LogP) is 3.42. The van der Waals surface area contributed by atoms with Crippen LogP contribution < -0.4 is 5.32 Å². The van der Waals surface area contributed by atoms with Gasteiger partial charge in [0, 0.05) is 31.7 Å². The van der Waals surface area contributed by atoms with Crippen LogP contribution in [-0.2, 0) is 0 Å². The topological polar surface area (TPSA) is 15.3 Å². The van der Waals surface area contributed by atoms with Gasteiger partial charge in [-0.15, -0.1) is 0 Å². The van der Waals surface area contributed by atoms with E-state index >= 15 is 0 Å². The van der Waals surface area contributed by atoms with Crippen molar-refractivity contribution in [3.05, 3.63) is 0 Å². The second kappa shape index (κ2) is 6.58. The van der Waals surface area contributed by atoms with E-state index in [0.29, 0.717) is 0 Å². The van der Waals surface area contributed by atoms with Crippen LogP contribution in [0.2, 0.25) is 0 Å². The van der Waals surface area contributed by atoms with Crippen molar-refractivity contribution in [1.82, 2.24) is 10.2 Å². The van der Waals surface area contributed by atoms with Gasteiger partial charge >= 0.3 is 0 Å². The Balaban J connectivity index is 1.53. The number of piperazine rings is 1. The fourth-order valence-corrected chi connectivity index (χ4v) is 4.30. The van der Waals surface area contributed by atoms with E-state index in [1.54, 1.807) is 0 Å². The molecule has 2 atom stereocenters. The highest BCUT2D eigenvalue weighted by Crippen LogP contribution is 2.36. The molecule has 2 unspecified atom stereocenters. The Morgan fingerprint density at radius 3 is 2.58 bits per heavy atom. The molecule has 2 nitrogen and oxygen atoms in total. The van der Waals surface area contributed by atoms with Crippen molar-refractivity contribution in [3.63, 3.8) is 0 Å². The lowest BCUT2D eigenvalue weighted by atomic mass is 9.83. The number of nitrogens with one attached hydrogen (secondary N) is 1. The van der Waals surface area contributed by atoms with E-state index in [4.69, 9.17) is 0 Å². The Labute approximate surface area is 119 Å². The number of nitrogens with zero attached hydrogens (tertiary/aromatic N) is 1. The third-order valence-corrected chi connectivity index (χ3v) is 5.75. The molecule has 2 heteroatoms. The van der Waals surface area contributed by atoms with E-state index in [2.05, 4.69) is 17.1 Å². The molecule has 110 valence electrons.